The van der Waals surface area contributed by atoms with E-state index in [1.54, 1.807) is 12.4 Å². The van der Waals surface area contributed by atoms with Crippen molar-refractivity contribution in [2.45, 2.75) is 25.8 Å². The maximum Gasteiger partial charge on any atom is 0.213 e. The second-order valence-corrected chi connectivity index (χ2v) is 7.52. The molecule has 0 fully saturated rings. The molecule has 0 atom stereocenters. The molecule has 0 saturated heterocycles. The van der Waals surface area contributed by atoms with Gasteiger partial charge in [0.1, 0.15) is 0 Å². The average molecular weight is 486 g/mol. The van der Waals surface area contributed by atoms with Crippen molar-refractivity contribution < 1.29 is 4.74 Å². The third-order valence-corrected chi connectivity index (χ3v) is 5.18. The lowest BCUT2D eigenvalue weighted by Gasteiger charge is -2.22. The van der Waals surface area contributed by atoms with Crippen molar-refractivity contribution in [1.82, 2.24) is 24.8 Å². The Balaban J connectivity index is 0.00000193. The SMILES string of the molecule is Cl.Cl.c1cncc(CCN(CCCCOc2ccc3ccncc3n2)Cc2ccncc2)c1. The summed E-state index contributed by atoms with van der Waals surface area (Å²) >= 11 is 0. The highest BCUT2D eigenvalue weighted by Gasteiger charge is 2.07. The molecule has 0 spiro atoms. The van der Waals surface area contributed by atoms with Crippen LogP contribution in [0.4, 0.5) is 0 Å². The Bertz CT molecular complexity index is 1070. The van der Waals surface area contributed by atoms with E-state index in [2.05, 4.69) is 43.0 Å². The molecule has 0 bridgehead atoms. The van der Waals surface area contributed by atoms with Gasteiger partial charge in [0.15, 0.2) is 0 Å². The first-order valence-electron chi connectivity index (χ1n) is 10.7. The summed E-state index contributed by atoms with van der Waals surface area (Å²) in [6.45, 7) is 3.59. The zero-order valence-electron chi connectivity index (χ0n) is 18.4. The van der Waals surface area contributed by atoms with Crippen molar-refractivity contribution in [1.29, 1.82) is 0 Å². The fourth-order valence-electron chi connectivity index (χ4n) is 3.49. The Labute approximate surface area is 207 Å². The fourth-order valence-corrected chi connectivity index (χ4v) is 3.49. The van der Waals surface area contributed by atoms with Crippen LogP contribution in [0.25, 0.3) is 10.9 Å². The minimum absolute atomic E-state index is 0. The molecule has 4 heterocycles. The quantitative estimate of drug-likeness (QED) is 0.273. The maximum atomic E-state index is 5.87. The molecule has 0 aliphatic carbocycles. The van der Waals surface area contributed by atoms with E-state index in [9.17, 15) is 0 Å². The molecule has 0 radical (unpaired) electrons. The molecule has 0 saturated carbocycles. The van der Waals surface area contributed by atoms with Gasteiger partial charge in [-0.3, -0.25) is 19.9 Å². The van der Waals surface area contributed by atoms with Gasteiger partial charge in [0.2, 0.25) is 5.88 Å². The summed E-state index contributed by atoms with van der Waals surface area (Å²) < 4.78 is 5.87. The van der Waals surface area contributed by atoms with Crippen molar-refractivity contribution in [3.05, 3.63) is 90.8 Å². The minimum Gasteiger partial charge on any atom is -0.478 e. The van der Waals surface area contributed by atoms with Gasteiger partial charge in [0.05, 0.1) is 18.3 Å². The predicted molar refractivity (Wildman–Crippen MR) is 136 cm³/mol. The van der Waals surface area contributed by atoms with Crippen LogP contribution in [-0.2, 0) is 13.0 Å². The second-order valence-electron chi connectivity index (χ2n) is 7.52. The molecule has 4 aromatic rings. The summed E-state index contributed by atoms with van der Waals surface area (Å²) in [6.07, 6.45) is 14.1. The topological polar surface area (TPSA) is 64.0 Å². The third kappa shape index (κ3) is 8.57. The highest BCUT2D eigenvalue weighted by atomic mass is 35.5. The van der Waals surface area contributed by atoms with Crippen LogP contribution >= 0.6 is 24.8 Å². The molecular formula is C25H29Cl2N5O. The summed E-state index contributed by atoms with van der Waals surface area (Å²) in [5, 5.41) is 1.07. The van der Waals surface area contributed by atoms with E-state index in [1.807, 2.05) is 49.1 Å². The Morgan fingerprint density at radius 1 is 0.727 bits per heavy atom. The van der Waals surface area contributed by atoms with Gasteiger partial charge in [-0.2, -0.15) is 0 Å². The van der Waals surface area contributed by atoms with E-state index in [1.165, 1.54) is 11.1 Å². The number of rotatable bonds is 11. The molecule has 4 aromatic heterocycles. The van der Waals surface area contributed by atoms with Gasteiger partial charge in [-0.05, 0) is 67.3 Å². The summed E-state index contributed by atoms with van der Waals surface area (Å²) in [5.74, 6) is 0.658. The summed E-state index contributed by atoms with van der Waals surface area (Å²) in [7, 11) is 0. The van der Waals surface area contributed by atoms with Crippen LogP contribution < -0.4 is 4.74 Å². The zero-order chi connectivity index (χ0) is 21.1. The Morgan fingerprint density at radius 2 is 1.55 bits per heavy atom. The standard InChI is InChI=1S/C25H27N5O.2ClH/c1(2-17-31-25-6-5-23-9-14-28-19-24(23)29-25)15-30(20-22-7-12-26-13-8-22)16-10-21-4-3-11-27-18-21;;/h3-9,11-14,18-19H,1-2,10,15-17,20H2;2*1H. The van der Waals surface area contributed by atoms with E-state index in [0.29, 0.717) is 12.5 Å². The normalized spacial score (nSPS) is 10.5. The lowest BCUT2D eigenvalue weighted by Crippen LogP contribution is -2.27. The van der Waals surface area contributed by atoms with Crippen LogP contribution in [0.5, 0.6) is 5.88 Å². The summed E-state index contributed by atoms with van der Waals surface area (Å²) in [6, 6.07) is 14.2. The van der Waals surface area contributed by atoms with Crippen molar-refractivity contribution in [3.63, 3.8) is 0 Å². The predicted octanol–water partition coefficient (Wildman–Crippen LogP) is 5.17. The monoisotopic (exact) mass is 485 g/mol. The van der Waals surface area contributed by atoms with Crippen LogP contribution in [0, 0.1) is 0 Å². The number of pyridine rings is 4. The van der Waals surface area contributed by atoms with E-state index in [-0.39, 0.29) is 24.8 Å². The highest BCUT2D eigenvalue weighted by Crippen LogP contribution is 2.15. The molecule has 0 aliphatic heterocycles. The van der Waals surface area contributed by atoms with E-state index in [0.717, 1.165) is 49.8 Å². The smallest absolute Gasteiger partial charge is 0.213 e. The van der Waals surface area contributed by atoms with Crippen molar-refractivity contribution in [2.75, 3.05) is 19.7 Å². The largest absolute Gasteiger partial charge is 0.478 e. The van der Waals surface area contributed by atoms with Crippen LogP contribution in [0.3, 0.4) is 0 Å². The number of fused-ring (bicyclic) bond motifs is 1. The number of hydrogen-bond acceptors (Lipinski definition) is 6. The molecule has 33 heavy (non-hydrogen) atoms. The molecule has 6 nitrogen and oxygen atoms in total. The minimum atomic E-state index is 0. The van der Waals surface area contributed by atoms with E-state index < -0.39 is 0 Å². The third-order valence-electron chi connectivity index (χ3n) is 5.18. The van der Waals surface area contributed by atoms with Gasteiger partial charge in [-0.1, -0.05) is 6.07 Å². The summed E-state index contributed by atoms with van der Waals surface area (Å²) in [5.41, 5.74) is 3.41. The molecule has 0 aromatic carbocycles. The van der Waals surface area contributed by atoms with Gasteiger partial charge in [-0.15, -0.1) is 24.8 Å². The van der Waals surface area contributed by atoms with E-state index >= 15 is 0 Å². The number of ether oxygens (including phenoxy) is 1. The van der Waals surface area contributed by atoms with Crippen LogP contribution in [0.2, 0.25) is 0 Å². The molecular weight excluding hydrogens is 457 g/mol. The molecule has 0 amide bonds. The maximum absolute atomic E-state index is 5.87. The molecule has 174 valence electrons. The van der Waals surface area contributed by atoms with Crippen LogP contribution in [0.15, 0.2) is 79.6 Å². The van der Waals surface area contributed by atoms with Gasteiger partial charge < -0.3 is 4.74 Å². The first kappa shape index (κ1) is 26.5. The average Bonchev–Trinajstić information content (AvgIpc) is 2.83. The van der Waals surface area contributed by atoms with Crippen molar-refractivity contribution >= 4 is 35.7 Å². The van der Waals surface area contributed by atoms with E-state index in [4.69, 9.17) is 4.74 Å². The molecule has 0 aliphatic rings. The van der Waals surface area contributed by atoms with Crippen molar-refractivity contribution in [3.8, 4) is 5.88 Å². The molecule has 0 unspecified atom stereocenters. The lowest BCUT2D eigenvalue weighted by atomic mass is 10.1. The number of unbranched alkanes of at least 4 members (excludes halogenated alkanes) is 1. The fraction of sp³-hybridized carbons (Fsp3) is 0.280. The van der Waals surface area contributed by atoms with Gasteiger partial charge in [-0.25, -0.2) is 4.98 Å². The van der Waals surface area contributed by atoms with Gasteiger partial charge in [0.25, 0.3) is 0 Å². The Hall–Kier alpha value is -2.80. The lowest BCUT2D eigenvalue weighted by molar-refractivity contribution is 0.243. The van der Waals surface area contributed by atoms with Gasteiger partial charge in [0, 0.05) is 55.5 Å². The molecule has 8 heteroatoms. The molecule has 4 rings (SSSR count). The van der Waals surface area contributed by atoms with Crippen LogP contribution in [0.1, 0.15) is 24.0 Å². The zero-order valence-corrected chi connectivity index (χ0v) is 20.0. The van der Waals surface area contributed by atoms with Gasteiger partial charge >= 0.3 is 0 Å². The number of halogens is 2. The Morgan fingerprint density at radius 3 is 2.36 bits per heavy atom. The number of nitrogens with zero attached hydrogens (tertiary/aromatic N) is 5. The Kier molecular flexibility index (Phi) is 11.5. The number of hydrogen-bond donors (Lipinski definition) is 0. The number of aromatic nitrogens is 4. The van der Waals surface area contributed by atoms with Crippen molar-refractivity contribution in [2.24, 2.45) is 0 Å². The highest BCUT2D eigenvalue weighted by molar-refractivity contribution is 5.85. The second kappa shape index (κ2) is 14.4. The molecule has 0 N–H and O–H groups in total. The first-order valence-corrected chi connectivity index (χ1v) is 10.7. The van der Waals surface area contributed by atoms with Crippen LogP contribution in [-0.4, -0.2) is 44.5 Å². The first-order chi connectivity index (χ1) is 15.4. The summed E-state index contributed by atoms with van der Waals surface area (Å²) in [4.78, 5) is 19.5.